The predicted octanol–water partition coefficient (Wildman–Crippen LogP) is 1.12. The van der Waals surface area contributed by atoms with Gasteiger partial charge < -0.3 is 26.4 Å². The maximum atomic E-state index is 14.0. The van der Waals surface area contributed by atoms with E-state index in [2.05, 4.69) is 5.32 Å². The molecule has 1 aromatic carbocycles. The first kappa shape index (κ1) is 28.4. The zero-order valence-electron chi connectivity index (χ0n) is 21.9. The number of anilines is 1. The molecule has 0 spiro atoms. The lowest BCUT2D eigenvalue weighted by Crippen LogP contribution is -2.68. The number of para-hydroxylation sites is 1. The number of hydrogen-bond donors (Lipinski definition) is 3. The molecule has 0 aromatic heterocycles. The number of amides is 4. The Morgan fingerprint density at radius 3 is 2.49 bits per heavy atom. The van der Waals surface area contributed by atoms with Gasteiger partial charge in [-0.3, -0.25) is 18.7 Å². The zero-order valence-corrected chi connectivity index (χ0v) is 22.7. The smallest absolute Gasteiger partial charge is 0.405 e. The summed E-state index contributed by atoms with van der Waals surface area (Å²) in [5, 5.41) is 2.65. The number of benzene rings is 1. The summed E-state index contributed by atoms with van der Waals surface area (Å²) in [7, 11) is -2.79. The van der Waals surface area contributed by atoms with Crippen molar-refractivity contribution >= 4 is 39.5 Å². The van der Waals surface area contributed by atoms with Crippen molar-refractivity contribution in [1.29, 1.82) is 0 Å². The molecular formula is C26H35N5O7S. The standard InChI is InChI=1S/C26H35N5O7S/c1-30(19-12-7-5-8-13-19)39(36,37)26-17-18(26)11-6-3-2-4-9-14-20(38-24(28)35)21(32)31-16-10-15-25(31,22(27)33)23(34)29-26/h5-8,11-13,18,20H,2-4,9-10,14-17H2,1H3,(H2,27,33)(H2,28,35)(H,29,34)/b11-6-. The van der Waals surface area contributed by atoms with E-state index in [1.54, 1.807) is 36.4 Å². The maximum absolute atomic E-state index is 14.0. The molecule has 2 heterocycles. The number of fused-ring (bicyclic) bond motifs is 2. The third-order valence-electron chi connectivity index (χ3n) is 7.90. The van der Waals surface area contributed by atoms with Gasteiger partial charge in [0.2, 0.25) is 5.54 Å². The van der Waals surface area contributed by atoms with Crippen LogP contribution in [-0.4, -0.2) is 67.2 Å². The van der Waals surface area contributed by atoms with Gasteiger partial charge in [-0.05, 0) is 57.1 Å². The first-order valence-corrected chi connectivity index (χ1v) is 14.5. The fraction of sp³-hybridized carbons (Fsp3) is 0.538. The van der Waals surface area contributed by atoms with Gasteiger partial charge in [0.15, 0.2) is 11.0 Å². The minimum atomic E-state index is -4.20. The Morgan fingerprint density at radius 2 is 1.82 bits per heavy atom. The highest BCUT2D eigenvalue weighted by Crippen LogP contribution is 2.51. The Balaban J connectivity index is 1.76. The quantitative estimate of drug-likeness (QED) is 0.355. The number of carbonyl (C=O) groups is 4. The molecule has 1 aliphatic carbocycles. The van der Waals surface area contributed by atoms with Crippen molar-refractivity contribution in [2.75, 3.05) is 17.9 Å². The molecule has 4 amide bonds. The van der Waals surface area contributed by atoms with Crippen molar-refractivity contribution in [2.24, 2.45) is 17.4 Å². The van der Waals surface area contributed by atoms with Crippen LogP contribution in [0.5, 0.6) is 0 Å². The SMILES string of the molecule is CN(c1ccccc1)S(=O)(=O)C12CC1/C=C\CCCCCC(OC(N)=O)C(=O)N1CCCC1(C(N)=O)C(=O)N2. The summed E-state index contributed by atoms with van der Waals surface area (Å²) in [4.78, 5) is 51.3. The van der Waals surface area contributed by atoms with E-state index in [0.717, 1.165) is 15.6 Å². The normalized spacial score (nSPS) is 30.5. The molecule has 4 unspecified atom stereocenters. The largest absolute Gasteiger partial charge is 0.436 e. The molecule has 212 valence electrons. The first-order chi connectivity index (χ1) is 18.5. The number of sulfonamides is 1. The summed E-state index contributed by atoms with van der Waals surface area (Å²) < 4.78 is 34.2. The van der Waals surface area contributed by atoms with Gasteiger partial charge in [-0.25, -0.2) is 13.2 Å². The van der Waals surface area contributed by atoms with Crippen molar-refractivity contribution in [2.45, 2.75) is 67.9 Å². The van der Waals surface area contributed by atoms with E-state index in [0.29, 0.717) is 24.9 Å². The van der Waals surface area contributed by atoms with Crippen molar-refractivity contribution < 1.29 is 32.3 Å². The molecule has 1 saturated heterocycles. The Bertz CT molecular complexity index is 1270. The third-order valence-corrected chi connectivity index (χ3v) is 10.3. The molecule has 0 bridgehead atoms. The summed E-state index contributed by atoms with van der Waals surface area (Å²) in [6.45, 7) is 0.000808. The summed E-state index contributed by atoms with van der Waals surface area (Å²) >= 11 is 0. The average molecular weight is 562 g/mol. The van der Waals surface area contributed by atoms with E-state index < -0.39 is 56.3 Å². The fourth-order valence-corrected chi connectivity index (χ4v) is 7.57. The van der Waals surface area contributed by atoms with Gasteiger partial charge in [-0.15, -0.1) is 0 Å². The van der Waals surface area contributed by atoms with E-state index >= 15 is 0 Å². The van der Waals surface area contributed by atoms with Crippen LogP contribution in [0.25, 0.3) is 0 Å². The molecule has 0 radical (unpaired) electrons. The lowest BCUT2D eigenvalue weighted by atomic mass is 9.92. The van der Waals surface area contributed by atoms with E-state index in [1.807, 2.05) is 6.08 Å². The molecule has 1 saturated carbocycles. The van der Waals surface area contributed by atoms with Crippen LogP contribution in [0.2, 0.25) is 0 Å². The van der Waals surface area contributed by atoms with Crippen molar-refractivity contribution in [3.63, 3.8) is 0 Å². The second-order valence-electron chi connectivity index (χ2n) is 10.3. The lowest BCUT2D eigenvalue weighted by Gasteiger charge is -2.37. The van der Waals surface area contributed by atoms with Crippen LogP contribution in [0.15, 0.2) is 42.5 Å². The van der Waals surface area contributed by atoms with E-state index in [9.17, 15) is 27.6 Å². The fourth-order valence-electron chi connectivity index (χ4n) is 5.61. The number of allylic oxidation sites excluding steroid dienone is 1. The molecule has 13 heteroatoms. The number of nitrogens with zero attached hydrogens (tertiary/aromatic N) is 2. The molecule has 2 fully saturated rings. The highest BCUT2D eigenvalue weighted by atomic mass is 32.2. The topological polar surface area (TPSA) is 182 Å². The molecule has 2 aliphatic heterocycles. The van der Waals surface area contributed by atoms with Crippen LogP contribution in [0.1, 0.15) is 51.4 Å². The number of ether oxygens (including phenoxy) is 1. The van der Waals surface area contributed by atoms with Gasteiger partial charge in [0.05, 0.1) is 5.69 Å². The molecule has 1 aromatic rings. The molecule has 39 heavy (non-hydrogen) atoms. The molecule has 4 rings (SSSR count). The number of carbonyl (C=O) groups excluding carboxylic acids is 4. The number of nitrogens with one attached hydrogen (secondary N) is 1. The monoisotopic (exact) mass is 561 g/mol. The summed E-state index contributed by atoms with van der Waals surface area (Å²) in [6.07, 6.45) is 4.26. The Morgan fingerprint density at radius 1 is 1.10 bits per heavy atom. The Kier molecular flexibility index (Phi) is 7.92. The van der Waals surface area contributed by atoms with E-state index in [4.69, 9.17) is 16.2 Å². The average Bonchev–Trinajstić information content (AvgIpc) is 3.40. The van der Waals surface area contributed by atoms with Gasteiger partial charge in [0.1, 0.15) is 0 Å². The second-order valence-corrected chi connectivity index (χ2v) is 12.5. The number of rotatable bonds is 5. The highest BCUT2D eigenvalue weighted by molar-refractivity contribution is 7.94. The van der Waals surface area contributed by atoms with Gasteiger partial charge in [0, 0.05) is 19.5 Å². The summed E-state index contributed by atoms with van der Waals surface area (Å²) in [5.74, 6) is -3.39. The third kappa shape index (κ3) is 5.07. The maximum Gasteiger partial charge on any atom is 0.405 e. The van der Waals surface area contributed by atoms with Crippen LogP contribution < -0.4 is 21.1 Å². The van der Waals surface area contributed by atoms with E-state index in [-0.39, 0.29) is 32.2 Å². The van der Waals surface area contributed by atoms with Gasteiger partial charge in [-0.1, -0.05) is 36.8 Å². The van der Waals surface area contributed by atoms with Crippen molar-refractivity contribution in [1.82, 2.24) is 10.2 Å². The summed E-state index contributed by atoms with van der Waals surface area (Å²) in [5.41, 5.74) is 9.22. The van der Waals surface area contributed by atoms with Crippen LogP contribution in [0.3, 0.4) is 0 Å². The van der Waals surface area contributed by atoms with Crippen LogP contribution >= 0.6 is 0 Å². The number of nitrogens with two attached hydrogens (primary N) is 2. The second kappa shape index (κ2) is 10.9. The van der Waals surface area contributed by atoms with Gasteiger partial charge >= 0.3 is 6.09 Å². The number of hydrogen-bond acceptors (Lipinski definition) is 7. The summed E-state index contributed by atoms with van der Waals surface area (Å²) in [6, 6.07) is 8.43. The molecular weight excluding hydrogens is 526 g/mol. The van der Waals surface area contributed by atoms with Crippen LogP contribution in [0.4, 0.5) is 10.5 Å². The Hall–Kier alpha value is -3.61. The van der Waals surface area contributed by atoms with Gasteiger partial charge in [0.25, 0.3) is 27.7 Å². The minimum Gasteiger partial charge on any atom is -0.436 e. The van der Waals surface area contributed by atoms with Crippen LogP contribution in [0, 0.1) is 5.92 Å². The molecule has 12 nitrogen and oxygen atoms in total. The number of primary amides is 2. The first-order valence-electron chi connectivity index (χ1n) is 13.1. The molecule has 3 aliphatic rings. The van der Waals surface area contributed by atoms with E-state index in [1.165, 1.54) is 7.05 Å². The highest BCUT2D eigenvalue weighted by Gasteiger charge is 2.68. The van der Waals surface area contributed by atoms with Crippen LogP contribution in [-0.2, 0) is 29.1 Å². The Labute approximate surface area is 227 Å². The lowest BCUT2D eigenvalue weighted by molar-refractivity contribution is -0.157. The minimum absolute atomic E-state index is 0.000808. The molecule has 5 N–H and O–H groups in total. The van der Waals surface area contributed by atoms with Crippen molar-refractivity contribution in [3.8, 4) is 0 Å². The zero-order chi connectivity index (χ0) is 28.4. The van der Waals surface area contributed by atoms with Gasteiger partial charge in [-0.2, -0.15) is 0 Å². The molecule has 4 atom stereocenters. The predicted molar refractivity (Wildman–Crippen MR) is 142 cm³/mol. The van der Waals surface area contributed by atoms with Crippen molar-refractivity contribution in [3.05, 3.63) is 42.5 Å².